The van der Waals surface area contributed by atoms with Crippen molar-refractivity contribution in [2.75, 3.05) is 45.0 Å². The molecule has 1 saturated heterocycles. The number of hydrogen-bond acceptors (Lipinski definition) is 4. The Morgan fingerprint density at radius 3 is 2.43 bits per heavy atom. The standard InChI is InChI=1S/C22H34N4O2/c1-16-11-17(13-19(23)12-16)21(28)26-9-7-25(8-10-26)6-4-5-24-20(27)18-14-22(2,3)15-18/h11-13,18H,4-10,14-15,23H2,1-3H3,(H,24,27). The van der Waals surface area contributed by atoms with Gasteiger partial charge >= 0.3 is 0 Å². The van der Waals surface area contributed by atoms with Crippen LogP contribution in [0.1, 0.15) is 49.0 Å². The number of anilines is 1. The van der Waals surface area contributed by atoms with Crippen molar-refractivity contribution < 1.29 is 9.59 Å². The Kier molecular flexibility index (Phi) is 6.28. The Morgan fingerprint density at radius 1 is 1.14 bits per heavy atom. The first-order valence-electron chi connectivity index (χ1n) is 10.4. The van der Waals surface area contributed by atoms with E-state index in [1.54, 1.807) is 6.07 Å². The van der Waals surface area contributed by atoms with Gasteiger partial charge in [-0.1, -0.05) is 13.8 Å². The molecule has 0 spiro atoms. The zero-order chi connectivity index (χ0) is 20.3. The Morgan fingerprint density at radius 2 is 1.82 bits per heavy atom. The number of rotatable bonds is 6. The Bertz CT molecular complexity index is 695. The molecule has 1 aromatic rings. The largest absolute Gasteiger partial charge is 0.399 e. The van der Waals surface area contributed by atoms with Gasteiger partial charge in [0, 0.05) is 49.9 Å². The lowest BCUT2D eigenvalue weighted by Crippen LogP contribution is -2.49. The van der Waals surface area contributed by atoms with Crippen LogP contribution in [-0.4, -0.2) is 60.9 Å². The van der Waals surface area contributed by atoms with Crippen LogP contribution in [0.4, 0.5) is 5.69 Å². The van der Waals surface area contributed by atoms with E-state index in [1.807, 2.05) is 24.0 Å². The van der Waals surface area contributed by atoms with Gasteiger partial charge in [-0.2, -0.15) is 0 Å². The first-order valence-corrected chi connectivity index (χ1v) is 10.4. The molecule has 0 unspecified atom stereocenters. The molecular formula is C22H34N4O2. The summed E-state index contributed by atoms with van der Waals surface area (Å²) in [5.74, 6) is 0.484. The first-order chi connectivity index (χ1) is 13.2. The van der Waals surface area contributed by atoms with E-state index in [4.69, 9.17) is 5.73 Å². The number of nitrogen functional groups attached to an aromatic ring is 1. The van der Waals surface area contributed by atoms with E-state index in [0.29, 0.717) is 16.7 Å². The first kappa shape index (κ1) is 20.6. The van der Waals surface area contributed by atoms with Crippen molar-refractivity contribution in [1.82, 2.24) is 15.1 Å². The number of amides is 2. The van der Waals surface area contributed by atoms with Crippen LogP contribution in [0.5, 0.6) is 0 Å². The average molecular weight is 387 g/mol. The summed E-state index contributed by atoms with van der Waals surface area (Å²) < 4.78 is 0. The number of carbonyl (C=O) groups is 2. The number of aryl methyl sites for hydroxylation is 1. The molecule has 154 valence electrons. The highest BCUT2D eigenvalue weighted by Gasteiger charge is 2.40. The minimum Gasteiger partial charge on any atom is -0.399 e. The lowest BCUT2D eigenvalue weighted by molar-refractivity contribution is -0.131. The third-order valence-corrected chi connectivity index (χ3v) is 5.93. The summed E-state index contributed by atoms with van der Waals surface area (Å²) in [4.78, 5) is 29.1. The fraction of sp³-hybridized carbons (Fsp3) is 0.636. The average Bonchev–Trinajstić information content (AvgIpc) is 2.62. The minimum atomic E-state index is 0.0609. The third kappa shape index (κ3) is 5.25. The van der Waals surface area contributed by atoms with Crippen LogP contribution in [0.25, 0.3) is 0 Å². The molecule has 28 heavy (non-hydrogen) atoms. The summed E-state index contributed by atoms with van der Waals surface area (Å²) in [7, 11) is 0. The predicted octanol–water partition coefficient (Wildman–Crippen LogP) is 2.28. The molecule has 1 aliphatic carbocycles. The van der Waals surface area contributed by atoms with Crippen LogP contribution in [0.2, 0.25) is 0 Å². The highest BCUT2D eigenvalue weighted by Crippen LogP contribution is 2.44. The van der Waals surface area contributed by atoms with E-state index in [9.17, 15) is 9.59 Å². The van der Waals surface area contributed by atoms with Crippen LogP contribution in [0.15, 0.2) is 18.2 Å². The van der Waals surface area contributed by atoms with Crippen molar-refractivity contribution >= 4 is 17.5 Å². The SMILES string of the molecule is Cc1cc(N)cc(C(=O)N2CCN(CCCNC(=O)C3CC(C)(C)C3)CC2)c1. The number of hydrogen-bond donors (Lipinski definition) is 2. The van der Waals surface area contributed by atoms with Crippen molar-refractivity contribution in [3.8, 4) is 0 Å². The van der Waals surface area contributed by atoms with Crippen molar-refractivity contribution in [2.45, 2.75) is 40.0 Å². The molecule has 2 amide bonds. The summed E-state index contributed by atoms with van der Waals surface area (Å²) >= 11 is 0. The summed E-state index contributed by atoms with van der Waals surface area (Å²) in [6, 6.07) is 5.53. The molecule has 0 bridgehead atoms. The second kappa shape index (κ2) is 8.52. The number of piperazine rings is 1. The van der Waals surface area contributed by atoms with Gasteiger partial charge in [0.05, 0.1) is 0 Å². The lowest BCUT2D eigenvalue weighted by atomic mass is 9.64. The summed E-state index contributed by atoms with van der Waals surface area (Å²) in [6.07, 6.45) is 2.95. The summed E-state index contributed by atoms with van der Waals surface area (Å²) in [5.41, 5.74) is 8.53. The topological polar surface area (TPSA) is 78.7 Å². The van der Waals surface area contributed by atoms with Gasteiger partial charge in [-0.05, 0) is 61.9 Å². The van der Waals surface area contributed by atoms with Gasteiger partial charge in [-0.15, -0.1) is 0 Å². The normalized spacial score (nSPS) is 19.9. The van der Waals surface area contributed by atoms with Crippen LogP contribution < -0.4 is 11.1 Å². The van der Waals surface area contributed by atoms with Gasteiger partial charge < -0.3 is 16.0 Å². The zero-order valence-corrected chi connectivity index (χ0v) is 17.5. The highest BCUT2D eigenvalue weighted by atomic mass is 16.2. The Hall–Kier alpha value is -2.08. The van der Waals surface area contributed by atoms with Gasteiger partial charge in [0.15, 0.2) is 0 Å². The Labute approximate surface area is 168 Å². The number of nitrogens with zero attached hydrogens (tertiary/aromatic N) is 2. The van der Waals surface area contributed by atoms with Gasteiger partial charge in [-0.25, -0.2) is 0 Å². The molecule has 3 N–H and O–H groups in total. The molecule has 1 aromatic carbocycles. The van der Waals surface area contributed by atoms with Crippen molar-refractivity contribution in [1.29, 1.82) is 0 Å². The molecule has 3 rings (SSSR count). The van der Waals surface area contributed by atoms with Crippen molar-refractivity contribution in [3.05, 3.63) is 29.3 Å². The van der Waals surface area contributed by atoms with E-state index >= 15 is 0 Å². The summed E-state index contributed by atoms with van der Waals surface area (Å²) in [6.45, 7) is 11.3. The maximum absolute atomic E-state index is 12.7. The monoisotopic (exact) mass is 386 g/mol. The number of carbonyl (C=O) groups excluding carboxylic acids is 2. The van der Waals surface area contributed by atoms with Crippen LogP contribution in [-0.2, 0) is 4.79 Å². The number of nitrogens with two attached hydrogens (primary N) is 1. The molecule has 2 aliphatic rings. The second-order valence-electron chi connectivity index (χ2n) is 9.18. The van der Waals surface area contributed by atoms with E-state index < -0.39 is 0 Å². The number of nitrogens with one attached hydrogen (secondary N) is 1. The van der Waals surface area contributed by atoms with Crippen molar-refractivity contribution in [3.63, 3.8) is 0 Å². The molecule has 0 atom stereocenters. The zero-order valence-electron chi connectivity index (χ0n) is 17.5. The van der Waals surface area contributed by atoms with E-state index in [-0.39, 0.29) is 17.7 Å². The molecule has 1 heterocycles. The molecule has 6 heteroatoms. The van der Waals surface area contributed by atoms with E-state index in [0.717, 1.165) is 64.1 Å². The van der Waals surface area contributed by atoms with Gasteiger partial charge in [0.2, 0.25) is 5.91 Å². The number of benzene rings is 1. The third-order valence-electron chi connectivity index (χ3n) is 5.93. The molecule has 0 radical (unpaired) electrons. The minimum absolute atomic E-state index is 0.0609. The van der Waals surface area contributed by atoms with Crippen molar-refractivity contribution in [2.24, 2.45) is 11.3 Å². The summed E-state index contributed by atoms with van der Waals surface area (Å²) in [5, 5.41) is 3.08. The maximum atomic E-state index is 12.7. The van der Waals surface area contributed by atoms with E-state index in [2.05, 4.69) is 24.1 Å². The van der Waals surface area contributed by atoms with Crippen LogP contribution >= 0.6 is 0 Å². The molecular weight excluding hydrogens is 352 g/mol. The van der Waals surface area contributed by atoms with Gasteiger partial charge in [0.1, 0.15) is 0 Å². The molecule has 1 saturated carbocycles. The predicted molar refractivity (Wildman–Crippen MR) is 112 cm³/mol. The van der Waals surface area contributed by atoms with E-state index in [1.165, 1.54) is 0 Å². The smallest absolute Gasteiger partial charge is 0.254 e. The Balaban J connectivity index is 1.34. The highest BCUT2D eigenvalue weighted by molar-refractivity contribution is 5.95. The quantitative estimate of drug-likeness (QED) is 0.581. The molecule has 0 aromatic heterocycles. The molecule has 2 fully saturated rings. The lowest BCUT2D eigenvalue weighted by Gasteiger charge is -2.41. The fourth-order valence-corrected chi connectivity index (χ4v) is 4.41. The fourth-order valence-electron chi connectivity index (χ4n) is 4.41. The van der Waals surface area contributed by atoms with Gasteiger partial charge in [0.25, 0.3) is 5.91 Å². The second-order valence-corrected chi connectivity index (χ2v) is 9.18. The maximum Gasteiger partial charge on any atom is 0.254 e. The van der Waals surface area contributed by atoms with Gasteiger partial charge in [-0.3, -0.25) is 14.5 Å². The molecule has 1 aliphatic heterocycles. The van der Waals surface area contributed by atoms with Crippen LogP contribution in [0, 0.1) is 18.3 Å². The molecule has 6 nitrogen and oxygen atoms in total. The van der Waals surface area contributed by atoms with Crippen LogP contribution in [0.3, 0.4) is 0 Å².